The van der Waals surface area contributed by atoms with Gasteiger partial charge in [0.15, 0.2) is 5.13 Å². The first-order valence-corrected chi connectivity index (χ1v) is 10.9. The number of nitrogens with one attached hydrogen (secondary N) is 1. The third kappa shape index (κ3) is 4.39. The van der Waals surface area contributed by atoms with Crippen molar-refractivity contribution < 1.29 is 9.72 Å². The first-order chi connectivity index (χ1) is 15.3. The molecular formula is C22H18ClN5O3S. The number of anilines is 1. The van der Waals surface area contributed by atoms with E-state index in [1.54, 1.807) is 36.0 Å². The second-order valence-corrected chi connectivity index (χ2v) is 8.36. The predicted octanol–water partition coefficient (Wildman–Crippen LogP) is 5.49. The summed E-state index contributed by atoms with van der Waals surface area (Å²) in [6, 6.07) is 14.6. The molecule has 2 aromatic carbocycles. The number of halogens is 1. The van der Waals surface area contributed by atoms with E-state index in [2.05, 4.69) is 15.4 Å². The average Bonchev–Trinajstić information content (AvgIpc) is 3.33. The van der Waals surface area contributed by atoms with E-state index >= 15 is 0 Å². The minimum atomic E-state index is -0.425. The lowest BCUT2D eigenvalue weighted by molar-refractivity contribution is -0.385. The Morgan fingerprint density at radius 3 is 2.69 bits per heavy atom. The van der Waals surface area contributed by atoms with Crippen molar-refractivity contribution in [3.8, 4) is 11.3 Å². The highest BCUT2D eigenvalue weighted by Crippen LogP contribution is 2.30. The Morgan fingerprint density at radius 2 is 1.97 bits per heavy atom. The number of amides is 1. The molecule has 0 saturated carbocycles. The molecule has 10 heteroatoms. The van der Waals surface area contributed by atoms with Gasteiger partial charge in [0.25, 0.3) is 11.6 Å². The standard InChI is InChI=1S/C22H18ClN5O3S/c1-13-8-9-16(10-18(13)28(30)31)17-12-32-22(24-17)25-21(29)19-14(2)26-27(20(19)23)11-15-6-4-3-5-7-15/h3-10,12H,11H2,1-2H3,(H,24,25,29). The summed E-state index contributed by atoms with van der Waals surface area (Å²) in [5, 5.41) is 20.7. The molecule has 0 bridgehead atoms. The van der Waals surface area contributed by atoms with Crippen LogP contribution < -0.4 is 5.32 Å². The van der Waals surface area contributed by atoms with Gasteiger partial charge in [-0.2, -0.15) is 5.10 Å². The average molecular weight is 468 g/mol. The van der Waals surface area contributed by atoms with Crippen LogP contribution in [-0.4, -0.2) is 25.6 Å². The third-order valence-corrected chi connectivity index (χ3v) is 6.04. The summed E-state index contributed by atoms with van der Waals surface area (Å²) in [7, 11) is 0. The highest BCUT2D eigenvalue weighted by molar-refractivity contribution is 7.14. The van der Waals surface area contributed by atoms with Gasteiger partial charge < -0.3 is 0 Å². The fraction of sp³-hybridized carbons (Fsp3) is 0.136. The van der Waals surface area contributed by atoms with Crippen molar-refractivity contribution >= 4 is 39.7 Å². The van der Waals surface area contributed by atoms with Gasteiger partial charge in [0.1, 0.15) is 5.15 Å². The van der Waals surface area contributed by atoms with E-state index in [9.17, 15) is 14.9 Å². The Balaban J connectivity index is 1.54. The maximum Gasteiger partial charge on any atom is 0.272 e. The number of hydrogen-bond donors (Lipinski definition) is 1. The second kappa shape index (κ2) is 8.89. The molecule has 162 valence electrons. The summed E-state index contributed by atoms with van der Waals surface area (Å²) in [5.74, 6) is -0.414. The lowest BCUT2D eigenvalue weighted by atomic mass is 10.1. The molecule has 0 saturated heterocycles. The number of thiazole rings is 1. The van der Waals surface area contributed by atoms with Crippen LogP contribution in [0.3, 0.4) is 0 Å². The number of benzene rings is 2. The summed E-state index contributed by atoms with van der Waals surface area (Å²) < 4.78 is 1.58. The number of nitrogens with zero attached hydrogens (tertiary/aromatic N) is 4. The largest absolute Gasteiger partial charge is 0.298 e. The first-order valence-electron chi connectivity index (χ1n) is 9.62. The summed E-state index contributed by atoms with van der Waals surface area (Å²) in [4.78, 5) is 28.1. The maximum absolute atomic E-state index is 12.9. The van der Waals surface area contributed by atoms with Crippen LogP contribution in [0, 0.1) is 24.0 Å². The number of hydrogen-bond acceptors (Lipinski definition) is 6. The molecule has 4 rings (SSSR count). The summed E-state index contributed by atoms with van der Waals surface area (Å²) in [5.41, 5.74) is 3.54. The van der Waals surface area contributed by atoms with E-state index in [1.807, 2.05) is 30.3 Å². The number of nitro benzene ring substituents is 1. The third-order valence-electron chi connectivity index (χ3n) is 4.89. The van der Waals surface area contributed by atoms with Crippen molar-refractivity contribution in [2.75, 3.05) is 5.32 Å². The van der Waals surface area contributed by atoms with Crippen molar-refractivity contribution in [2.24, 2.45) is 0 Å². The molecule has 2 heterocycles. The summed E-state index contributed by atoms with van der Waals surface area (Å²) in [6.07, 6.45) is 0. The predicted molar refractivity (Wildman–Crippen MR) is 124 cm³/mol. The van der Waals surface area contributed by atoms with Gasteiger partial charge in [-0.3, -0.25) is 20.2 Å². The number of carbonyl (C=O) groups is 1. The van der Waals surface area contributed by atoms with Gasteiger partial charge in [0, 0.05) is 22.6 Å². The fourth-order valence-electron chi connectivity index (χ4n) is 3.26. The molecule has 0 spiro atoms. The molecule has 1 N–H and O–H groups in total. The van der Waals surface area contributed by atoms with Crippen LogP contribution in [0.25, 0.3) is 11.3 Å². The van der Waals surface area contributed by atoms with Gasteiger partial charge in [-0.15, -0.1) is 11.3 Å². The fourth-order valence-corrected chi connectivity index (χ4v) is 4.30. The van der Waals surface area contributed by atoms with E-state index < -0.39 is 10.8 Å². The van der Waals surface area contributed by atoms with E-state index in [4.69, 9.17) is 11.6 Å². The molecule has 0 fully saturated rings. The van der Waals surface area contributed by atoms with E-state index in [0.717, 1.165) is 5.56 Å². The Bertz CT molecular complexity index is 1320. The van der Waals surface area contributed by atoms with E-state index in [-0.39, 0.29) is 16.4 Å². The quantitative estimate of drug-likeness (QED) is 0.298. The number of carbonyl (C=O) groups excluding carboxylic acids is 1. The maximum atomic E-state index is 12.9. The summed E-state index contributed by atoms with van der Waals surface area (Å²) >= 11 is 7.69. The molecule has 1 amide bonds. The minimum absolute atomic E-state index is 0.0225. The van der Waals surface area contributed by atoms with Gasteiger partial charge >= 0.3 is 0 Å². The van der Waals surface area contributed by atoms with Crippen LogP contribution in [0.4, 0.5) is 10.8 Å². The number of nitro groups is 1. The smallest absolute Gasteiger partial charge is 0.272 e. The lowest BCUT2D eigenvalue weighted by Gasteiger charge is -2.04. The molecule has 0 aliphatic carbocycles. The molecule has 8 nitrogen and oxygen atoms in total. The van der Waals surface area contributed by atoms with Crippen molar-refractivity contribution in [3.05, 3.63) is 91.6 Å². The van der Waals surface area contributed by atoms with Crippen molar-refractivity contribution in [1.29, 1.82) is 0 Å². The highest BCUT2D eigenvalue weighted by atomic mass is 35.5. The second-order valence-electron chi connectivity index (χ2n) is 7.14. The van der Waals surface area contributed by atoms with Crippen LogP contribution in [0.15, 0.2) is 53.9 Å². The zero-order chi connectivity index (χ0) is 22.8. The van der Waals surface area contributed by atoms with Gasteiger partial charge in [-0.25, -0.2) is 9.67 Å². The van der Waals surface area contributed by atoms with Crippen LogP contribution in [-0.2, 0) is 6.54 Å². The zero-order valence-corrected chi connectivity index (χ0v) is 18.8. The van der Waals surface area contributed by atoms with Crippen molar-refractivity contribution in [1.82, 2.24) is 14.8 Å². The lowest BCUT2D eigenvalue weighted by Crippen LogP contribution is -2.13. The SMILES string of the molecule is Cc1ccc(-c2csc(NC(=O)c3c(C)nn(Cc4ccccc4)c3Cl)n2)cc1[N+](=O)[O-]. The van der Waals surface area contributed by atoms with Gasteiger partial charge in [0.05, 0.1) is 28.4 Å². The van der Waals surface area contributed by atoms with Crippen LogP contribution >= 0.6 is 22.9 Å². The van der Waals surface area contributed by atoms with Gasteiger partial charge in [-0.05, 0) is 19.4 Å². The van der Waals surface area contributed by atoms with Crippen LogP contribution in [0.1, 0.15) is 27.2 Å². The molecule has 32 heavy (non-hydrogen) atoms. The van der Waals surface area contributed by atoms with Gasteiger partial charge in [-0.1, -0.05) is 54.1 Å². The molecule has 0 aliphatic rings. The Hall–Kier alpha value is -3.56. The molecule has 0 unspecified atom stereocenters. The molecule has 0 aliphatic heterocycles. The molecule has 0 atom stereocenters. The van der Waals surface area contributed by atoms with Crippen LogP contribution in [0.5, 0.6) is 0 Å². The highest BCUT2D eigenvalue weighted by Gasteiger charge is 2.22. The summed E-state index contributed by atoms with van der Waals surface area (Å²) in [6.45, 7) is 3.85. The number of aryl methyl sites for hydroxylation is 2. The van der Waals surface area contributed by atoms with Crippen molar-refractivity contribution in [2.45, 2.75) is 20.4 Å². The minimum Gasteiger partial charge on any atom is -0.298 e. The van der Waals surface area contributed by atoms with E-state index in [1.165, 1.54) is 17.4 Å². The number of rotatable bonds is 6. The zero-order valence-electron chi connectivity index (χ0n) is 17.2. The molecular weight excluding hydrogens is 450 g/mol. The van der Waals surface area contributed by atoms with Gasteiger partial charge in [0.2, 0.25) is 0 Å². The molecule has 4 aromatic rings. The molecule has 2 aromatic heterocycles. The number of aromatic nitrogens is 3. The Labute approximate surface area is 192 Å². The van der Waals surface area contributed by atoms with Crippen molar-refractivity contribution in [3.63, 3.8) is 0 Å². The first kappa shape index (κ1) is 21.7. The normalized spacial score (nSPS) is 10.8. The Morgan fingerprint density at radius 1 is 1.22 bits per heavy atom. The topological polar surface area (TPSA) is 103 Å². The Kier molecular flexibility index (Phi) is 6.02. The van der Waals surface area contributed by atoms with Crippen LogP contribution in [0.2, 0.25) is 5.15 Å². The monoisotopic (exact) mass is 467 g/mol. The van der Waals surface area contributed by atoms with E-state index in [0.29, 0.717) is 34.2 Å². The molecule has 0 radical (unpaired) electrons.